The predicted molar refractivity (Wildman–Crippen MR) is 279 cm³/mol. The van der Waals surface area contributed by atoms with E-state index in [9.17, 15) is 0 Å². The largest absolute Gasteiger partial charge is 0.330 e. The number of hydrogen-bond acceptors (Lipinski definition) is 5. The van der Waals surface area contributed by atoms with E-state index < -0.39 is 0 Å². The summed E-state index contributed by atoms with van der Waals surface area (Å²) in [4.78, 5) is 0. The molecule has 11 aromatic rings. The summed E-state index contributed by atoms with van der Waals surface area (Å²) in [5.41, 5.74) is 48.5. The van der Waals surface area contributed by atoms with Gasteiger partial charge >= 0.3 is 0 Å². The zero-order valence-electron chi connectivity index (χ0n) is 36.9. The van der Waals surface area contributed by atoms with Crippen LogP contribution in [0.25, 0.3) is 109 Å². The first-order valence-electron chi connectivity index (χ1n) is 23.3. The summed E-state index contributed by atoms with van der Waals surface area (Å²) < 4.78 is 0. The summed E-state index contributed by atoms with van der Waals surface area (Å²) in [5.74, 6) is 0. The van der Waals surface area contributed by atoms with Crippen molar-refractivity contribution < 1.29 is 0 Å². The van der Waals surface area contributed by atoms with E-state index in [1.54, 1.807) is 0 Å². The molecule has 5 nitrogen and oxygen atoms in total. The minimum Gasteiger partial charge on any atom is -0.330 e. The molecule has 0 unspecified atom stereocenters. The molecule has 0 saturated heterocycles. The third kappa shape index (κ3) is 6.99. The Hall–Kier alpha value is -6.70. The molecule has 320 valence electrons. The molecule has 0 aliphatic rings. The molecule has 0 spiro atoms. The van der Waals surface area contributed by atoms with Crippen molar-refractivity contribution in [2.75, 3.05) is 32.7 Å². The standard InChI is InChI=1S/C60H55N5/c61-26-21-36-1-11-41(12-2-36)46-31-52-48(43-15-5-38(6-16-43)23-28-63)33-54-50(45-19-9-40(10-20-45)25-30-65)35-55-49(44-17-7-39(8-18-44)24-29-64)34-53-47(42-13-3-37(4-14-42)22-27-62)32-51(46)56-57(52)59(54)60(55)58(53)56/h1-20,31-35H,21-30,61-65H2. The minimum absolute atomic E-state index is 0.620. The summed E-state index contributed by atoms with van der Waals surface area (Å²) >= 11 is 0. The molecule has 11 aromatic carbocycles. The molecule has 0 radical (unpaired) electrons. The Bertz CT molecular complexity index is 2860. The fourth-order valence-corrected chi connectivity index (χ4v) is 10.8. The van der Waals surface area contributed by atoms with Gasteiger partial charge in [-0.25, -0.2) is 0 Å². The molecule has 0 bridgehead atoms. The first-order chi connectivity index (χ1) is 32.0. The van der Waals surface area contributed by atoms with Gasteiger partial charge < -0.3 is 28.7 Å². The van der Waals surface area contributed by atoms with Crippen molar-refractivity contribution in [3.05, 3.63) is 179 Å². The highest BCUT2D eigenvalue weighted by Crippen LogP contribution is 2.57. The SMILES string of the molecule is NCCc1ccc(-c2cc3c(-c4ccc(CCN)cc4)cc4c(-c5ccc(CCN)cc5)cc5c(-c6ccc(CCN)cc6)cc6c(-c7ccc(CCN)cc7)cc2c2c6c5c4c32)cc1. The van der Waals surface area contributed by atoms with Crippen molar-refractivity contribution in [1.82, 2.24) is 0 Å². The molecule has 0 heterocycles. The van der Waals surface area contributed by atoms with Gasteiger partial charge in [-0.05, 0) is 232 Å². The van der Waals surface area contributed by atoms with Crippen LogP contribution in [0.15, 0.2) is 152 Å². The molecule has 5 heteroatoms. The van der Waals surface area contributed by atoms with Gasteiger partial charge in [-0.3, -0.25) is 0 Å². The fraction of sp³-hybridized carbons (Fsp3) is 0.167. The van der Waals surface area contributed by atoms with Crippen LogP contribution >= 0.6 is 0 Å². The van der Waals surface area contributed by atoms with Gasteiger partial charge in [-0.2, -0.15) is 0 Å². The molecular formula is C60H55N5. The van der Waals surface area contributed by atoms with Crippen LogP contribution in [0, 0.1) is 0 Å². The Morgan fingerprint density at radius 1 is 0.215 bits per heavy atom. The van der Waals surface area contributed by atoms with Crippen LogP contribution in [0.2, 0.25) is 0 Å². The highest BCUT2D eigenvalue weighted by molar-refractivity contribution is 6.49. The zero-order chi connectivity index (χ0) is 44.2. The maximum absolute atomic E-state index is 6.04. The second-order valence-corrected chi connectivity index (χ2v) is 17.9. The van der Waals surface area contributed by atoms with E-state index in [0.717, 1.165) is 32.1 Å². The Balaban J connectivity index is 1.33. The highest BCUT2D eigenvalue weighted by Gasteiger charge is 2.29. The molecular weight excluding hydrogens is 791 g/mol. The summed E-state index contributed by atoms with van der Waals surface area (Å²) in [6.45, 7) is 3.10. The van der Waals surface area contributed by atoms with E-state index in [2.05, 4.69) is 152 Å². The lowest BCUT2D eigenvalue weighted by molar-refractivity contribution is 0.969. The summed E-state index contributed by atoms with van der Waals surface area (Å²) in [5, 5.41) is 13.0. The highest BCUT2D eigenvalue weighted by atomic mass is 14.5. The topological polar surface area (TPSA) is 130 Å². The van der Waals surface area contributed by atoms with E-state index in [1.165, 1.54) is 137 Å². The Kier molecular flexibility index (Phi) is 10.7. The fourth-order valence-electron chi connectivity index (χ4n) is 10.8. The Morgan fingerprint density at radius 2 is 0.369 bits per heavy atom. The van der Waals surface area contributed by atoms with Crippen molar-refractivity contribution in [3.8, 4) is 55.6 Å². The van der Waals surface area contributed by atoms with Crippen LogP contribution in [-0.2, 0) is 32.1 Å². The van der Waals surface area contributed by atoms with Crippen molar-refractivity contribution in [2.24, 2.45) is 28.7 Å². The molecule has 0 atom stereocenters. The van der Waals surface area contributed by atoms with Gasteiger partial charge in [-0.15, -0.1) is 0 Å². The normalized spacial score (nSPS) is 12.1. The second-order valence-electron chi connectivity index (χ2n) is 17.9. The van der Waals surface area contributed by atoms with Crippen molar-refractivity contribution in [2.45, 2.75) is 32.1 Å². The number of rotatable bonds is 15. The summed E-state index contributed by atoms with van der Waals surface area (Å²) in [6, 6.07) is 57.9. The van der Waals surface area contributed by atoms with Crippen LogP contribution in [0.5, 0.6) is 0 Å². The maximum atomic E-state index is 6.04. The first-order valence-corrected chi connectivity index (χ1v) is 23.3. The predicted octanol–water partition coefficient (Wildman–Crippen LogP) is 11.6. The van der Waals surface area contributed by atoms with Crippen LogP contribution in [0.3, 0.4) is 0 Å². The zero-order valence-corrected chi connectivity index (χ0v) is 36.9. The third-order valence-electron chi connectivity index (χ3n) is 14.0. The Labute approximate surface area is 380 Å². The summed E-state index contributed by atoms with van der Waals surface area (Å²) in [7, 11) is 0. The van der Waals surface area contributed by atoms with E-state index in [4.69, 9.17) is 28.7 Å². The monoisotopic (exact) mass is 845 g/mol. The number of hydrogen-bond donors (Lipinski definition) is 5. The molecule has 65 heavy (non-hydrogen) atoms. The molecule has 0 aliphatic heterocycles. The van der Waals surface area contributed by atoms with Crippen LogP contribution < -0.4 is 28.7 Å². The van der Waals surface area contributed by atoms with E-state index >= 15 is 0 Å². The van der Waals surface area contributed by atoms with Crippen molar-refractivity contribution >= 4 is 53.9 Å². The maximum Gasteiger partial charge on any atom is -0.000695 e. The quantitative estimate of drug-likeness (QED) is 0.0656. The lowest BCUT2D eigenvalue weighted by atomic mass is 9.85. The third-order valence-corrected chi connectivity index (χ3v) is 14.0. The van der Waals surface area contributed by atoms with Crippen molar-refractivity contribution in [1.29, 1.82) is 0 Å². The smallest absolute Gasteiger partial charge is 0.000695 e. The molecule has 11 rings (SSSR count). The summed E-state index contributed by atoms with van der Waals surface area (Å²) in [6.07, 6.45) is 4.23. The first kappa shape index (κ1) is 41.0. The van der Waals surface area contributed by atoms with Gasteiger partial charge in [0.2, 0.25) is 0 Å². The lowest BCUT2D eigenvalue weighted by Gasteiger charge is -2.18. The van der Waals surface area contributed by atoms with Crippen LogP contribution in [0.4, 0.5) is 0 Å². The second kappa shape index (κ2) is 17.0. The van der Waals surface area contributed by atoms with Gasteiger partial charge in [0.05, 0.1) is 0 Å². The minimum atomic E-state index is 0.620. The molecule has 0 fully saturated rings. The number of nitrogens with two attached hydrogens (primary N) is 5. The molecule has 10 N–H and O–H groups in total. The van der Waals surface area contributed by atoms with Crippen LogP contribution in [0.1, 0.15) is 27.8 Å². The van der Waals surface area contributed by atoms with Gasteiger partial charge in [-0.1, -0.05) is 121 Å². The average molecular weight is 846 g/mol. The van der Waals surface area contributed by atoms with Gasteiger partial charge in [0.25, 0.3) is 0 Å². The van der Waals surface area contributed by atoms with Gasteiger partial charge in [0.1, 0.15) is 0 Å². The molecule has 0 aromatic heterocycles. The number of benzene rings is 10. The lowest BCUT2D eigenvalue weighted by Crippen LogP contribution is -2.02. The van der Waals surface area contributed by atoms with Gasteiger partial charge in [0, 0.05) is 0 Å². The van der Waals surface area contributed by atoms with E-state index in [0.29, 0.717) is 32.7 Å². The molecule has 0 amide bonds. The average Bonchev–Trinajstić information content (AvgIpc) is 3.71. The van der Waals surface area contributed by atoms with E-state index in [1.807, 2.05) is 0 Å². The van der Waals surface area contributed by atoms with E-state index in [-0.39, 0.29) is 0 Å². The van der Waals surface area contributed by atoms with Gasteiger partial charge in [0.15, 0.2) is 0 Å². The van der Waals surface area contributed by atoms with Crippen LogP contribution in [-0.4, -0.2) is 32.7 Å². The van der Waals surface area contributed by atoms with Crippen molar-refractivity contribution in [3.63, 3.8) is 0 Å². The molecule has 0 aliphatic carbocycles. The Morgan fingerprint density at radius 3 is 0.508 bits per heavy atom. The molecule has 0 saturated carbocycles.